The lowest BCUT2D eigenvalue weighted by molar-refractivity contribution is 0.304. The van der Waals surface area contributed by atoms with Crippen LogP contribution in [-0.2, 0) is 6.61 Å². The summed E-state index contributed by atoms with van der Waals surface area (Å²) < 4.78 is 19.4. The second kappa shape index (κ2) is 5.43. The van der Waals surface area contributed by atoms with Gasteiger partial charge in [-0.2, -0.15) is 0 Å². The number of benzene rings is 1. The number of ether oxygens (including phenoxy) is 1. The fourth-order valence-electron chi connectivity index (χ4n) is 1.64. The molecular weight excluding hydrogens is 261 g/mol. The SMILES string of the molecule is Fc1cc(OCc2cccnc2)ccc1-n1n[c]nn1. The van der Waals surface area contributed by atoms with Gasteiger partial charge in [0.15, 0.2) is 5.82 Å². The van der Waals surface area contributed by atoms with Crippen molar-refractivity contribution >= 4 is 0 Å². The summed E-state index contributed by atoms with van der Waals surface area (Å²) in [7, 11) is 0. The molecule has 0 saturated carbocycles. The van der Waals surface area contributed by atoms with Gasteiger partial charge in [-0.05, 0) is 23.4 Å². The number of aromatic nitrogens is 5. The molecule has 0 spiro atoms. The fourth-order valence-corrected chi connectivity index (χ4v) is 1.64. The molecule has 0 unspecified atom stereocenters. The highest BCUT2D eigenvalue weighted by Gasteiger charge is 2.08. The van der Waals surface area contributed by atoms with Crippen LogP contribution in [0.2, 0.25) is 0 Å². The number of hydrogen-bond acceptors (Lipinski definition) is 5. The summed E-state index contributed by atoms with van der Waals surface area (Å²) in [5.74, 6) is -0.0840. The van der Waals surface area contributed by atoms with Crippen LogP contribution < -0.4 is 4.74 Å². The summed E-state index contributed by atoms with van der Waals surface area (Å²) in [6, 6.07) is 8.12. The van der Waals surface area contributed by atoms with Gasteiger partial charge in [-0.3, -0.25) is 4.98 Å². The molecule has 0 amide bonds. The number of halogens is 1. The molecule has 99 valence electrons. The first-order chi connectivity index (χ1) is 9.83. The Kier molecular flexibility index (Phi) is 3.32. The first-order valence-corrected chi connectivity index (χ1v) is 5.80. The van der Waals surface area contributed by atoms with Crippen molar-refractivity contribution in [1.29, 1.82) is 0 Å². The van der Waals surface area contributed by atoms with Gasteiger partial charge in [0, 0.05) is 24.0 Å². The van der Waals surface area contributed by atoms with Gasteiger partial charge in [-0.15, -0.1) is 15.0 Å². The Hall–Kier alpha value is -2.83. The second-order valence-corrected chi connectivity index (χ2v) is 3.94. The molecule has 1 radical (unpaired) electrons. The quantitative estimate of drug-likeness (QED) is 0.720. The summed E-state index contributed by atoms with van der Waals surface area (Å²) in [6.07, 6.45) is 5.64. The van der Waals surface area contributed by atoms with E-state index in [1.165, 1.54) is 12.1 Å². The number of tetrazole rings is 1. The standard InChI is InChI=1S/C13H9FN5O/c14-12-6-11(20-8-10-2-1-5-15-7-10)3-4-13(12)19-17-9-16-18-19/h1-7H,8H2. The molecule has 0 saturated heterocycles. The van der Waals surface area contributed by atoms with Crippen LogP contribution in [0.25, 0.3) is 5.69 Å². The van der Waals surface area contributed by atoms with Gasteiger partial charge >= 0.3 is 0 Å². The lowest BCUT2D eigenvalue weighted by Crippen LogP contribution is -2.03. The second-order valence-electron chi connectivity index (χ2n) is 3.94. The Bertz CT molecular complexity index is 687. The topological polar surface area (TPSA) is 65.7 Å². The van der Waals surface area contributed by atoms with Gasteiger partial charge in [0.25, 0.3) is 0 Å². The highest BCUT2D eigenvalue weighted by atomic mass is 19.1. The molecule has 0 aliphatic carbocycles. The van der Waals surface area contributed by atoms with Crippen molar-refractivity contribution in [3.63, 3.8) is 0 Å². The third-order valence-electron chi connectivity index (χ3n) is 2.58. The van der Waals surface area contributed by atoms with Crippen LogP contribution in [0.15, 0.2) is 42.7 Å². The molecule has 2 aromatic heterocycles. The largest absolute Gasteiger partial charge is 0.489 e. The molecule has 0 aliphatic heterocycles. The van der Waals surface area contributed by atoms with Gasteiger partial charge in [0.2, 0.25) is 6.33 Å². The molecule has 0 bridgehead atoms. The van der Waals surface area contributed by atoms with Gasteiger partial charge in [0.1, 0.15) is 18.0 Å². The lowest BCUT2D eigenvalue weighted by Gasteiger charge is -2.07. The highest BCUT2D eigenvalue weighted by molar-refractivity contribution is 5.37. The molecule has 0 aliphatic rings. The summed E-state index contributed by atoms with van der Waals surface area (Å²) in [4.78, 5) is 5.03. The van der Waals surface area contributed by atoms with Crippen molar-refractivity contribution in [2.45, 2.75) is 6.61 Å². The normalized spacial score (nSPS) is 10.4. The average molecular weight is 270 g/mol. The fraction of sp³-hybridized carbons (Fsp3) is 0.0769. The van der Waals surface area contributed by atoms with E-state index < -0.39 is 5.82 Å². The Labute approximate surface area is 113 Å². The molecule has 2 heterocycles. The van der Waals surface area contributed by atoms with Gasteiger partial charge in [-0.25, -0.2) is 4.39 Å². The summed E-state index contributed by atoms with van der Waals surface area (Å²) in [6.45, 7) is 0.321. The van der Waals surface area contributed by atoms with E-state index in [9.17, 15) is 4.39 Å². The monoisotopic (exact) mass is 270 g/mol. The number of pyridine rings is 1. The van der Waals surface area contributed by atoms with Crippen LogP contribution in [0.4, 0.5) is 4.39 Å². The molecule has 0 N–H and O–H groups in total. The van der Waals surface area contributed by atoms with E-state index in [2.05, 4.69) is 26.7 Å². The zero-order valence-electron chi connectivity index (χ0n) is 10.3. The molecular formula is C13H9FN5O. The molecule has 0 atom stereocenters. The predicted octanol–water partition coefficient (Wildman–Crippen LogP) is 1.58. The maximum atomic E-state index is 13.9. The van der Waals surface area contributed by atoms with E-state index in [-0.39, 0.29) is 5.69 Å². The van der Waals surface area contributed by atoms with Crippen LogP contribution in [-0.4, -0.2) is 25.2 Å². The smallest absolute Gasteiger partial charge is 0.246 e. The first-order valence-electron chi connectivity index (χ1n) is 5.80. The average Bonchev–Trinajstić information content (AvgIpc) is 3.00. The van der Waals surface area contributed by atoms with E-state index >= 15 is 0 Å². The van der Waals surface area contributed by atoms with Crippen molar-refractivity contribution in [3.05, 3.63) is 60.4 Å². The van der Waals surface area contributed by atoms with Crippen molar-refractivity contribution in [2.24, 2.45) is 0 Å². The molecule has 0 fully saturated rings. The predicted molar refractivity (Wildman–Crippen MR) is 66.5 cm³/mol. The molecule has 3 aromatic rings. The van der Waals surface area contributed by atoms with Crippen molar-refractivity contribution in [3.8, 4) is 11.4 Å². The van der Waals surface area contributed by atoms with E-state index in [4.69, 9.17) is 4.74 Å². The summed E-state index contributed by atoms with van der Waals surface area (Å²) >= 11 is 0. The molecule has 6 nitrogen and oxygen atoms in total. The summed E-state index contributed by atoms with van der Waals surface area (Å²) in [5.41, 5.74) is 1.09. The van der Waals surface area contributed by atoms with Crippen LogP contribution in [0.5, 0.6) is 5.75 Å². The third kappa shape index (κ3) is 2.61. The molecule has 1 aromatic carbocycles. The van der Waals surface area contributed by atoms with E-state index in [0.29, 0.717) is 12.4 Å². The van der Waals surface area contributed by atoms with Gasteiger partial charge < -0.3 is 4.74 Å². The van der Waals surface area contributed by atoms with E-state index in [1.807, 2.05) is 12.1 Å². The van der Waals surface area contributed by atoms with E-state index in [1.54, 1.807) is 18.5 Å². The molecule has 7 heteroatoms. The Morgan fingerprint density at radius 1 is 1.30 bits per heavy atom. The highest BCUT2D eigenvalue weighted by Crippen LogP contribution is 2.19. The van der Waals surface area contributed by atoms with Crippen molar-refractivity contribution < 1.29 is 9.13 Å². The lowest BCUT2D eigenvalue weighted by atomic mass is 10.3. The minimum atomic E-state index is -0.500. The van der Waals surface area contributed by atoms with E-state index in [0.717, 1.165) is 10.4 Å². The summed E-state index contributed by atoms with van der Waals surface area (Å²) in [5, 5.41) is 10.6. The van der Waals surface area contributed by atoms with Crippen molar-refractivity contribution in [1.82, 2.24) is 25.2 Å². The zero-order valence-corrected chi connectivity index (χ0v) is 10.3. The Morgan fingerprint density at radius 2 is 2.25 bits per heavy atom. The molecule has 3 rings (SSSR count). The first kappa shape index (κ1) is 12.2. The van der Waals surface area contributed by atoms with Crippen molar-refractivity contribution in [2.75, 3.05) is 0 Å². The zero-order chi connectivity index (χ0) is 13.8. The molecule has 20 heavy (non-hydrogen) atoms. The Balaban J connectivity index is 1.74. The van der Waals surface area contributed by atoms with Gasteiger partial charge in [-0.1, -0.05) is 6.07 Å². The maximum absolute atomic E-state index is 13.9. The van der Waals surface area contributed by atoms with Crippen LogP contribution in [0.3, 0.4) is 0 Å². The number of hydrogen-bond donors (Lipinski definition) is 0. The maximum Gasteiger partial charge on any atom is 0.246 e. The van der Waals surface area contributed by atoms with Gasteiger partial charge in [0.05, 0.1) is 0 Å². The Morgan fingerprint density at radius 3 is 2.95 bits per heavy atom. The van der Waals surface area contributed by atoms with Crippen LogP contribution >= 0.6 is 0 Å². The minimum absolute atomic E-state index is 0.187. The number of nitrogens with zero attached hydrogens (tertiary/aromatic N) is 5. The minimum Gasteiger partial charge on any atom is -0.489 e. The van der Waals surface area contributed by atoms with Crippen LogP contribution in [0, 0.1) is 12.1 Å². The third-order valence-corrected chi connectivity index (χ3v) is 2.58. The van der Waals surface area contributed by atoms with Crippen LogP contribution in [0.1, 0.15) is 5.56 Å². The number of rotatable bonds is 4.